The third kappa shape index (κ3) is 3.47. The summed E-state index contributed by atoms with van der Waals surface area (Å²) >= 11 is 0. The number of methoxy groups -OCH3 is 1. The molecular weight excluding hydrogens is 292 g/mol. The molecule has 0 fully saturated rings. The first kappa shape index (κ1) is 16.9. The number of hydrogen-bond acceptors (Lipinski definition) is 4. The zero-order valence-electron chi connectivity index (χ0n) is 14.4. The molecule has 6 heteroatoms. The minimum atomic E-state index is -0.179. The minimum absolute atomic E-state index is 0.179. The van der Waals surface area contributed by atoms with Crippen LogP contribution in [0.3, 0.4) is 0 Å². The lowest BCUT2D eigenvalue weighted by Gasteiger charge is -2.20. The first-order valence-corrected chi connectivity index (χ1v) is 7.64. The van der Waals surface area contributed by atoms with Gasteiger partial charge in [-0.15, -0.1) is 0 Å². The van der Waals surface area contributed by atoms with Crippen LogP contribution in [-0.2, 0) is 13.6 Å². The van der Waals surface area contributed by atoms with Crippen LogP contribution >= 0.6 is 0 Å². The van der Waals surface area contributed by atoms with Crippen LogP contribution in [-0.4, -0.2) is 36.4 Å². The van der Waals surface area contributed by atoms with Crippen molar-refractivity contribution in [1.29, 1.82) is 0 Å². The number of amides is 1. The van der Waals surface area contributed by atoms with Gasteiger partial charge in [0.05, 0.1) is 12.8 Å². The Bertz CT molecular complexity index is 694. The number of aryl methyl sites for hydroxylation is 2. The number of carbonyl (C=O) groups excluding carboxylic acids is 1. The summed E-state index contributed by atoms with van der Waals surface area (Å²) in [7, 11) is 5.34. The Morgan fingerprint density at radius 2 is 2.09 bits per heavy atom. The zero-order chi connectivity index (χ0) is 17.0. The van der Waals surface area contributed by atoms with Gasteiger partial charge in [-0.3, -0.25) is 4.79 Å². The summed E-state index contributed by atoms with van der Waals surface area (Å²) < 4.78 is 6.85. The number of carbonyl (C=O) groups is 1. The molecule has 0 spiro atoms. The molecule has 0 saturated heterocycles. The van der Waals surface area contributed by atoms with Gasteiger partial charge in [-0.05, 0) is 25.5 Å². The lowest BCUT2D eigenvalue weighted by molar-refractivity contribution is 0.0947. The van der Waals surface area contributed by atoms with E-state index in [1.165, 1.54) is 0 Å². The molecule has 2 rings (SSSR count). The topological polar surface area (TPSA) is 59.4 Å². The van der Waals surface area contributed by atoms with Gasteiger partial charge in [-0.2, -0.15) is 5.10 Å². The van der Waals surface area contributed by atoms with Gasteiger partial charge in [0.1, 0.15) is 5.56 Å². The van der Waals surface area contributed by atoms with Gasteiger partial charge in [0.2, 0.25) is 5.88 Å². The summed E-state index contributed by atoms with van der Waals surface area (Å²) in [5.74, 6) is 0.292. The third-order valence-electron chi connectivity index (χ3n) is 3.91. The quantitative estimate of drug-likeness (QED) is 0.887. The highest BCUT2D eigenvalue weighted by Gasteiger charge is 2.21. The van der Waals surface area contributed by atoms with Gasteiger partial charge in [0, 0.05) is 32.9 Å². The molecule has 1 amide bonds. The van der Waals surface area contributed by atoms with Crippen molar-refractivity contribution < 1.29 is 9.53 Å². The number of hydrogen-bond donors (Lipinski definition) is 1. The van der Waals surface area contributed by atoms with Gasteiger partial charge < -0.3 is 15.0 Å². The fourth-order valence-corrected chi connectivity index (χ4v) is 2.60. The molecule has 0 radical (unpaired) electrons. The predicted octanol–water partition coefficient (Wildman–Crippen LogP) is 2.12. The van der Waals surface area contributed by atoms with Crippen molar-refractivity contribution in [2.24, 2.45) is 7.05 Å². The lowest BCUT2D eigenvalue weighted by atomic mass is 10.1. The van der Waals surface area contributed by atoms with Crippen LogP contribution in [0.1, 0.15) is 28.5 Å². The monoisotopic (exact) mass is 316 g/mol. The molecular formula is C17H24N4O2. The maximum absolute atomic E-state index is 12.5. The molecule has 1 aromatic carbocycles. The van der Waals surface area contributed by atoms with Crippen molar-refractivity contribution >= 4 is 11.6 Å². The van der Waals surface area contributed by atoms with E-state index in [1.54, 1.807) is 25.8 Å². The average Bonchev–Trinajstić information content (AvgIpc) is 2.85. The van der Waals surface area contributed by atoms with E-state index in [-0.39, 0.29) is 5.91 Å². The Labute approximate surface area is 137 Å². The molecule has 0 bridgehead atoms. The SMILES string of the molecule is CCN(C)c1ccccc1CNC(=O)c1c(C)nn(C)c1OC. The number of ether oxygens (including phenoxy) is 1. The van der Waals surface area contributed by atoms with E-state index in [1.807, 2.05) is 25.2 Å². The summed E-state index contributed by atoms with van der Waals surface area (Å²) in [5.41, 5.74) is 3.33. The largest absolute Gasteiger partial charge is 0.481 e. The van der Waals surface area contributed by atoms with E-state index >= 15 is 0 Å². The first-order valence-electron chi connectivity index (χ1n) is 7.64. The summed E-state index contributed by atoms with van der Waals surface area (Å²) in [6.07, 6.45) is 0. The van der Waals surface area contributed by atoms with Crippen LogP contribution in [0.25, 0.3) is 0 Å². The van der Waals surface area contributed by atoms with Crippen molar-refractivity contribution in [1.82, 2.24) is 15.1 Å². The van der Waals surface area contributed by atoms with Crippen molar-refractivity contribution in [3.8, 4) is 5.88 Å². The van der Waals surface area contributed by atoms with Crippen molar-refractivity contribution in [2.75, 3.05) is 25.6 Å². The van der Waals surface area contributed by atoms with Gasteiger partial charge in [0.15, 0.2) is 0 Å². The van der Waals surface area contributed by atoms with Crippen LogP contribution < -0.4 is 15.0 Å². The molecule has 1 N–H and O–H groups in total. The van der Waals surface area contributed by atoms with Crippen LogP contribution in [0.2, 0.25) is 0 Å². The first-order chi connectivity index (χ1) is 11.0. The van der Waals surface area contributed by atoms with Crippen LogP contribution in [0, 0.1) is 6.92 Å². The standard InChI is InChI=1S/C17H24N4O2/c1-6-20(3)14-10-8-7-9-13(14)11-18-16(22)15-12(2)19-21(4)17(15)23-5/h7-10H,6,11H2,1-5H3,(H,18,22). The fourth-order valence-electron chi connectivity index (χ4n) is 2.60. The fraction of sp³-hybridized carbons (Fsp3) is 0.412. The van der Waals surface area contributed by atoms with E-state index < -0.39 is 0 Å². The highest BCUT2D eigenvalue weighted by atomic mass is 16.5. The molecule has 0 unspecified atom stereocenters. The molecule has 1 aromatic heterocycles. The van der Waals surface area contributed by atoms with Crippen molar-refractivity contribution in [3.63, 3.8) is 0 Å². The Hall–Kier alpha value is -2.50. The van der Waals surface area contributed by atoms with Gasteiger partial charge in [-0.1, -0.05) is 18.2 Å². The Balaban J connectivity index is 2.18. The normalized spacial score (nSPS) is 10.5. The van der Waals surface area contributed by atoms with Crippen LogP contribution in [0.5, 0.6) is 5.88 Å². The Kier molecular flexibility index (Phi) is 5.26. The molecule has 2 aromatic rings. The summed E-state index contributed by atoms with van der Waals surface area (Å²) in [4.78, 5) is 14.7. The van der Waals surface area contributed by atoms with E-state index in [0.717, 1.165) is 17.8 Å². The zero-order valence-corrected chi connectivity index (χ0v) is 14.4. The van der Waals surface area contributed by atoms with Gasteiger partial charge in [0.25, 0.3) is 5.91 Å². The summed E-state index contributed by atoms with van der Waals surface area (Å²) in [6.45, 7) is 5.26. The maximum atomic E-state index is 12.5. The number of aromatic nitrogens is 2. The highest BCUT2D eigenvalue weighted by molar-refractivity contribution is 5.97. The number of anilines is 1. The van der Waals surface area contributed by atoms with Crippen LogP contribution in [0.4, 0.5) is 5.69 Å². The number of para-hydroxylation sites is 1. The smallest absolute Gasteiger partial charge is 0.258 e. The van der Waals surface area contributed by atoms with Crippen LogP contribution in [0.15, 0.2) is 24.3 Å². The second-order valence-corrected chi connectivity index (χ2v) is 5.42. The number of nitrogens with one attached hydrogen (secondary N) is 1. The summed E-state index contributed by atoms with van der Waals surface area (Å²) in [6, 6.07) is 8.06. The van der Waals surface area contributed by atoms with Crippen molar-refractivity contribution in [3.05, 3.63) is 41.1 Å². The van der Waals surface area contributed by atoms with E-state index in [2.05, 4.69) is 28.3 Å². The number of rotatable bonds is 6. The Morgan fingerprint density at radius 1 is 1.39 bits per heavy atom. The van der Waals surface area contributed by atoms with Crippen molar-refractivity contribution in [2.45, 2.75) is 20.4 Å². The molecule has 6 nitrogen and oxygen atoms in total. The molecule has 1 heterocycles. The third-order valence-corrected chi connectivity index (χ3v) is 3.91. The minimum Gasteiger partial charge on any atom is -0.481 e. The maximum Gasteiger partial charge on any atom is 0.258 e. The van der Waals surface area contributed by atoms with E-state index in [4.69, 9.17) is 4.74 Å². The molecule has 0 aliphatic heterocycles. The molecule has 0 aliphatic rings. The molecule has 0 atom stereocenters. The molecule has 0 aliphatic carbocycles. The predicted molar refractivity (Wildman–Crippen MR) is 91.1 cm³/mol. The van der Waals surface area contributed by atoms with E-state index in [9.17, 15) is 4.79 Å². The Morgan fingerprint density at radius 3 is 2.74 bits per heavy atom. The number of nitrogens with zero attached hydrogens (tertiary/aromatic N) is 3. The second kappa shape index (κ2) is 7.17. The van der Waals surface area contributed by atoms with E-state index in [0.29, 0.717) is 23.7 Å². The highest BCUT2D eigenvalue weighted by Crippen LogP contribution is 2.22. The lowest BCUT2D eigenvalue weighted by Crippen LogP contribution is -2.25. The van der Waals surface area contributed by atoms with Gasteiger partial charge >= 0.3 is 0 Å². The summed E-state index contributed by atoms with van der Waals surface area (Å²) in [5, 5.41) is 7.20. The average molecular weight is 316 g/mol. The van der Waals surface area contributed by atoms with Gasteiger partial charge in [-0.25, -0.2) is 4.68 Å². The number of benzene rings is 1. The second-order valence-electron chi connectivity index (χ2n) is 5.42. The molecule has 23 heavy (non-hydrogen) atoms. The molecule has 124 valence electrons. The molecule has 0 saturated carbocycles.